The van der Waals surface area contributed by atoms with Gasteiger partial charge in [0.1, 0.15) is 0 Å². The van der Waals surface area contributed by atoms with E-state index in [2.05, 4.69) is 26.1 Å². The molecule has 1 nitrogen and oxygen atoms in total. The van der Waals surface area contributed by atoms with Gasteiger partial charge in [0.2, 0.25) is 0 Å². The van der Waals surface area contributed by atoms with Crippen LogP contribution in [-0.4, -0.2) is 12.1 Å². The number of nitrogens with one attached hydrogen (secondary N) is 1. The Labute approximate surface area is 108 Å². The summed E-state index contributed by atoms with van der Waals surface area (Å²) in [4.78, 5) is 0. The first-order valence-electron chi connectivity index (χ1n) is 7.94. The van der Waals surface area contributed by atoms with Crippen LogP contribution >= 0.6 is 0 Å². The highest BCUT2D eigenvalue weighted by Crippen LogP contribution is 2.33. The molecule has 0 radical (unpaired) electrons. The molecule has 2 aliphatic rings. The van der Waals surface area contributed by atoms with E-state index in [1.807, 2.05) is 0 Å². The maximum Gasteiger partial charge on any atom is 0.0100 e. The lowest BCUT2D eigenvalue weighted by Crippen LogP contribution is -2.47. The number of rotatable bonds is 4. The molecule has 0 aromatic heterocycles. The third-order valence-electron chi connectivity index (χ3n) is 5.26. The van der Waals surface area contributed by atoms with Gasteiger partial charge in [0, 0.05) is 12.1 Å². The smallest absolute Gasteiger partial charge is 0.0100 e. The van der Waals surface area contributed by atoms with E-state index in [0.29, 0.717) is 0 Å². The monoisotopic (exact) mass is 237 g/mol. The maximum absolute atomic E-state index is 3.99. The zero-order valence-corrected chi connectivity index (χ0v) is 12.0. The molecule has 17 heavy (non-hydrogen) atoms. The van der Waals surface area contributed by atoms with Gasteiger partial charge in [0.25, 0.3) is 0 Å². The third kappa shape index (κ3) is 3.47. The minimum Gasteiger partial charge on any atom is -0.311 e. The van der Waals surface area contributed by atoms with Crippen LogP contribution < -0.4 is 5.32 Å². The minimum absolute atomic E-state index is 0.752. The molecule has 0 amide bonds. The first kappa shape index (κ1) is 13.4. The maximum atomic E-state index is 3.99. The van der Waals surface area contributed by atoms with Gasteiger partial charge in [-0.2, -0.15) is 0 Å². The van der Waals surface area contributed by atoms with Crippen molar-refractivity contribution in [2.75, 3.05) is 0 Å². The SMILES string of the molecule is CC(C)C1CCCCC1N[C@@H](C)C1CCCC1. The molecule has 0 aromatic carbocycles. The van der Waals surface area contributed by atoms with Crippen LogP contribution in [0.25, 0.3) is 0 Å². The minimum atomic E-state index is 0.752. The van der Waals surface area contributed by atoms with Gasteiger partial charge in [0.15, 0.2) is 0 Å². The summed E-state index contributed by atoms with van der Waals surface area (Å²) < 4.78 is 0. The lowest BCUT2D eigenvalue weighted by molar-refractivity contribution is 0.180. The molecule has 1 heteroatoms. The van der Waals surface area contributed by atoms with Crippen LogP contribution in [0.3, 0.4) is 0 Å². The Morgan fingerprint density at radius 3 is 2.06 bits per heavy atom. The molecule has 0 heterocycles. The van der Waals surface area contributed by atoms with Crippen molar-refractivity contribution < 1.29 is 0 Å². The molecule has 0 bridgehead atoms. The number of hydrogen-bond acceptors (Lipinski definition) is 1. The molecule has 2 aliphatic carbocycles. The fourth-order valence-electron chi connectivity index (χ4n) is 4.10. The molecular weight excluding hydrogens is 206 g/mol. The van der Waals surface area contributed by atoms with Crippen molar-refractivity contribution in [2.24, 2.45) is 17.8 Å². The highest BCUT2D eigenvalue weighted by atomic mass is 15.0. The predicted octanol–water partition coefficient (Wildman–Crippen LogP) is 4.37. The highest BCUT2D eigenvalue weighted by molar-refractivity contribution is 4.87. The van der Waals surface area contributed by atoms with Crippen LogP contribution in [0.1, 0.15) is 72.1 Å². The normalized spacial score (nSPS) is 33.2. The molecule has 3 atom stereocenters. The van der Waals surface area contributed by atoms with Gasteiger partial charge in [0.05, 0.1) is 0 Å². The van der Waals surface area contributed by atoms with E-state index in [-0.39, 0.29) is 0 Å². The average molecular weight is 237 g/mol. The second kappa shape index (κ2) is 6.22. The Kier molecular flexibility index (Phi) is 4.90. The van der Waals surface area contributed by atoms with E-state index in [9.17, 15) is 0 Å². The molecule has 0 spiro atoms. The van der Waals surface area contributed by atoms with Gasteiger partial charge < -0.3 is 5.32 Å². The topological polar surface area (TPSA) is 12.0 Å². The zero-order chi connectivity index (χ0) is 12.3. The zero-order valence-electron chi connectivity index (χ0n) is 12.0. The van der Waals surface area contributed by atoms with Crippen LogP contribution in [0.4, 0.5) is 0 Å². The Bertz CT molecular complexity index is 218. The molecule has 2 saturated carbocycles. The van der Waals surface area contributed by atoms with E-state index in [0.717, 1.165) is 29.8 Å². The summed E-state index contributed by atoms with van der Waals surface area (Å²) in [6.07, 6.45) is 11.6. The number of hydrogen-bond donors (Lipinski definition) is 1. The second-order valence-electron chi connectivity index (χ2n) is 6.80. The van der Waals surface area contributed by atoms with Gasteiger partial charge in [-0.25, -0.2) is 0 Å². The first-order chi connectivity index (χ1) is 8.18. The summed E-state index contributed by atoms with van der Waals surface area (Å²) in [6.45, 7) is 7.25. The van der Waals surface area contributed by atoms with Crippen molar-refractivity contribution in [2.45, 2.75) is 84.2 Å². The second-order valence-corrected chi connectivity index (χ2v) is 6.80. The van der Waals surface area contributed by atoms with Crippen molar-refractivity contribution in [3.63, 3.8) is 0 Å². The summed E-state index contributed by atoms with van der Waals surface area (Å²) in [6, 6.07) is 1.56. The molecule has 1 N–H and O–H groups in total. The Morgan fingerprint density at radius 2 is 1.41 bits per heavy atom. The predicted molar refractivity (Wildman–Crippen MR) is 75.1 cm³/mol. The molecule has 0 aromatic rings. The van der Waals surface area contributed by atoms with Gasteiger partial charge in [-0.1, -0.05) is 39.5 Å². The quantitative estimate of drug-likeness (QED) is 0.765. The fraction of sp³-hybridized carbons (Fsp3) is 1.00. The molecule has 2 unspecified atom stereocenters. The van der Waals surface area contributed by atoms with Gasteiger partial charge >= 0.3 is 0 Å². The molecule has 2 rings (SSSR count). The van der Waals surface area contributed by atoms with Gasteiger partial charge in [-0.3, -0.25) is 0 Å². The largest absolute Gasteiger partial charge is 0.311 e. The fourth-order valence-corrected chi connectivity index (χ4v) is 4.10. The van der Waals surface area contributed by atoms with Crippen molar-refractivity contribution in [3.8, 4) is 0 Å². The van der Waals surface area contributed by atoms with Crippen molar-refractivity contribution in [1.29, 1.82) is 0 Å². The van der Waals surface area contributed by atoms with E-state index in [4.69, 9.17) is 0 Å². The van der Waals surface area contributed by atoms with E-state index in [1.165, 1.54) is 51.4 Å². The average Bonchev–Trinajstić information content (AvgIpc) is 2.83. The lowest BCUT2D eigenvalue weighted by Gasteiger charge is -2.38. The van der Waals surface area contributed by atoms with Crippen LogP contribution in [-0.2, 0) is 0 Å². The summed E-state index contributed by atoms with van der Waals surface area (Å²) in [5, 5.41) is 3.99. The molecule has 0 saturated heterocycles. The van der Waals surface area contributed by atoms with Crippen LogP contribution in [0.2, 0.25) is 0 Å². The summed E-state index contributed by atoms with van der Waals surface area (Å²) in [5.41, 5.74) is 0. The standard InChI is InChI=1S/C16H31N/c1-12(2)15-10-6-7-11-16(15)17-13(3)14-8-4-5-9-14/h12-17H,4-11H2,1-3H3/t13-,15?,16?/m0/s1. The molecule has 100 valence electrons. The molecule has 0 aliphatic heterocycles. The lowest BCUT2D eigenvalue weighted by atomic mass is 9.77. The van der Waals surface area contributed by atoms with Crippen molar-refractivity contribution in [3.05, 3.63) is 0 Å². The Balaban J connectivity index is 1.86. The molecule has 2 fully saturated rings. The van der Waals surface area contributed by atoms with Crippen molar-refractivity contribution in [1.82, 2.24) is 5.32 Å². The van der Waals surface area contributed by atoms with Crippen LogP contribution in [0.15, 0.2) is 0 Å². The third-order valence-corrected chi connectivity index (χ3v) is 5.26. The van der Waals surface area contributed by atoms with E-state index < -0.39 is 0 Å². The summed E-state index contributed by atoms with van der Waals surface area (Å²) >= 11 is 0. The molecular formula is C16H31N. The first-order valence-corrected chi connectivity index (χ1v) is 7.94. The van der Waals surface area contributed by atoms with Crippen LogP contribution in [0, 0.1) is 17.8 Å². The summed E-state index contributed by atoms with van der Waals surface area (Å²) in [5.74, 6) is 2.74. The van der Waals surface area contributed by atoms with E-state index >= 15 is 0 Å². The Morgan fingerprint density at radius 1 is 0.824 bits per heavy atom. The van der Waals surface area contributed by atoms with E-state index in [1.54, 1.807) is 0 Å². The Hall–Kier alpha value is -0.0400. The van der Waals surface area contributed by atoms with Gasteiger partial charge in [-0.15, -0.1) is 0 Å². The van der Waals surface area contributed by atoms with Crippen LogP contribution in [0.5, 0.6) is 0 Å². The van der Waals surface area contributed by atoms with Gasteiger partial charge in [-0.05, 0) is 50.4 Å². The summed E-state index contributed by atoms with van der Waals surface area (Å²) in [7, 11) is 0. The van der Waals surface area contributed by atoms with Crippen molar-refractivity contribution >= 4 is 0 Å². The highest BCUT2D eigenvalue weighted by Gasteiger charge is 2.30.